The van der Waals surface area contributed by atoms with E-state index in [0.717, 1.165) is 51.3 Å². The van der Waals surface area contributed by atoms with E-state index in [1.165, 1.54) is 6.42 Å². The molecule has 6 aliphatic rings. The minimum atomic E-state index is 0.125. The molecule has 0 heterocycles. The lowest BCUT2D eigenvalue weighted by Crippen LogP contribution is -2.30. The molecule has 6 bridgehead atoms. The van der Waals surface area contributed by atoms with Crippen LogP contribution in [0.1, 0.15) is 6.42 Å². The minimum Gasteiger partial charge on any atom is -0.393 e. The van der Waals surface area contributed by atoms with Gasteiger partial charge in [0.05, 0.1) is 6.10 Å². The van der Waals surface area contributed by atoms with Crippen molar-refractivity contribution in [2.45, 2.75) is 16.4 Å². The number of aliphatic hydroxyl groups is 1. The van der Waals surface area contributed by atoms with E-state index in [1.807, 2.05) is 0 Å². The fourth-order valence-electron chi connectivity index (χ4n) is 6.52. The van der Waals surface area contributed by atoms with Crippen LogP contribution in [0.4, 0.5) is 0 Å². The van der Waals surface area contributed by atoms with Crippen LogP contribution in [0.5, 0.6) is 0 Å². The fraction of sp³-hybridized carbons (Fsp3) is 1.00. The Hall–Kier alpha value is 0.690. The van der Waals surface area contributed by atoms with Gasteiger partial charge in [-0.3, -0.25) is 0 Å². The molecule has 0 saturated heterocycles. The lowest BCUT2D eigenvalue weighted by atomic mass is 9.71. The summed E-state index contributed by atoms with van der Waals surface area (Å²) in [6, 6.07) is 0. The van der Waals surface area contributed by atoms with Crippen molar-refractivity contribution in [1.82, 2.24) is 0 Å². The Kier molecular flexibility index (Phi) is 0.936. The molecule has 10 atom stereocenters. The normalized spacial score (nSPS) is 85.4. The molecule has 0 spiro atoms. The van der Waals surface area contributed by atoms with E-state index in [9.17, 15) is 5.11 Å². The summed E-state index contributed by atoms with van der Waals surface area (Å²) in [5, 5.41) is 10.2. The number of hydrogen-bond donors (Lipinski definition) is 1. The highest BCUT2D eigenvalue weighted by Gasteiger charge is 2.82. The van der Waals surface area contributed by atoms with E-state index < -0.39 is 0 Å². The van der Waals surface area contributed by atoms with Crippen LogP contribution < -0.4 is 0 Å². The second-order valence-corrected chi connectivity index (χ2v) is 7.40. The van der Waals surface area contributed by atoms with Gasteiger partial charge in [-0.05, 0) is 53.8 Å². The molecule has 6 aliphatic carbocycles. The summed E-state index contributed by atoms with van der Waals surface area (Å²) in [5.41, 5.74) is 0. The number of aliphatic hydroxyl groups excluding tert-OH is 1. The van der Waals surface area contributed by atoms with Crippen molar-refractivity contribution in [3.8, 4) is 0 Å². The number of alkyl halides is 1. The van der Waals surface area contributed by atoms with E-state index in [4.69, 9.17) is 0 Å². The lowest BCUT2D eigenvalue weighted by molar-refractivity contribution is 0.116. The highest BCUT2D eigenvalue weighted by Crippen LogP contribution is 2.83. The Morgan fingerprint density at radius 2 is 1.54 bits per heavy atom. The van der Waals surface area contributed by atoms with Crippen LogP contribution in [-0.2, 0) is 0 Å². The third-order valence-electron chi connectivity index (χ3n) is 6.27. The van der Waals surface area contributed by atoms with E-state index in [0.29, 0.717) is 0 Å². The fourth-order valence-corrected chi connectivity index (χ4v) is 8.49. The molecule has 0 aromatic heterocycles. The zero-order chi connectivity index (χ0) is 8.48. The molecule has 0 aromatic carbocycles. The Morgan fingerprint density at radius 1 is 0.846 bits per heavy atom. The molecule has 6 saturated carbocycles. The lowest BCUT2D eigenvalue weighted by Gasteiger charge is -2.33. The molecular formula is C11H13IO. The molecule has 6 rings (SSSR count). The van der Waals surface area contributed by atoms with E-state index in [2.05, 4.69) is 22.6 Å². The van der Waals surface area contributed by atoms with E-state index >= 15 is 0 Å². The predicted molar refractivity (Wildman–Crippen MR) is 56.4 cm³/mol. The van der Waals surface area contributed by atoms with Crippen molar-refractivity contribution in [3.05, 3.63) is 0 Å². The maximum Gasteiger partial charge on any atom is 0.0608 e. The van der Waals surface area contributed by atoms with Gasteiger partial charge in [0.15, 0.2) is 0 Å². The largest absolute Gasteiger partial charge is 0.393 e. The SMILES string of the molecule is O[C@H]1[C@H]2[C@@H]3[C@@H](I)[C@H]4[C@@H]5C[C@H]([C@@H]24)[C@H]1[C@@H]53. The second-order valence-electron chi connectivity index (χ2n) is 5.96. The van der Waals surface area contributed by atoms with Crippen molar-refractivity contribution >= 4 is 22.6 Å². The molecule has 0 unspecified atom stereocenters. The molecule has 2 heteroatoms. The van der Waals surface area contributed by atoms with Crippen LogP contribution in [0.25, 0.3) is 0 Å². The Morgan fingerprint density at radius 3 is 2.31 bits per heavy atom. The third-order valence-corrected chi connectivity index (χ3v) is 7.93. The maximum atomic E-state index is 10.2. The first-order valence-corrected chi connectivity index (χ1v) is 6.87. The summed E-state index contributed by atoms with van der Waals surface area (Å²) in [7, 11) is 0. The second kappa shape index (κ2) is 1.73. The Balaban J connectivity index is 1.86. The van der Waals surface area contributed by atoms with Gasteiger partial charge in [0.25, 0.3) is 0 Å². The van der Waals surface area contributed by atoms with Gasteiger partial charge in [0, 0.05) is 3.92 Å². The van der Waals surface area contributed by atoms with Gasteiger partial charge in [-0.1, -0.05) is 22.6 Å². The summed E-state index contributed by atoms with van der Waals surface area (Å²) in [5.74, 6) is 7.48. The van der Waals surface area contributed by atoms with Crippen LogP contribution in [0.2, 0.25) is 0 Å². The Bertz CT molecular complexity index is 283. The predicted octanol–water partition coefficient (Wildman–Crippen LogP) is 1.54. The standard InChI is InChI=1S/C11H13IO/c12-10-6-2-1-3-4(6)9-8(10)5(2)7(3)11(9)13/h2-11,13H,1H2/t2-,3-,4-,5-,6+,7+,8-,9-,10+,11-/m1/s1. The van der Waals surface area contributed by atoms with E-state index in [1.54, 1.807) is 0 Å². The molecule has 0 aromatic rings. The van der Waals surface area contributed by atoms with Crippen LogP contribution in [-0.4, -0.2) is 15.1 Å². The highest BCUT2D eigenvalue weighted by atomic mass is 127. The van der Waals surface area contributed by atoms with Gasteiger partial charge in [0.2, 0.25) is 0 Å². The molecule has 1 N–H and O–H groups in total. The molecule has 1 nitrogen and oxygen atoms in total. The van der Waals surface area contributed by atoms with Crippen LogP contribution in [0.15, 0.2) is 0 Å². The van der Waals surface area contributed by atoms with E-state index in [-0.39, 0.29) is 6.10 Å². The zero-order valence-corrected chi connectivity index (χ0v) is 9.46. The first-order valence-electron chi connectivity index (χ1n) is 5.63. The zero-order valence-electron chi connectivity index (χ0n) is 7.31. The molecule has 0 amide bonds. The number of halogens is 1. The average molecular weight is 288 g/mol. The first-order chi connectivity index (χ1) is 6.30. The van der Waals surface area contributed by atoms with Crippen LogP contribution in [0, 0.1) is 47.3 Å². The molecule has 0 radical (unpaired) electrons. The Labute approximate surface area is 91.4 Å². The van der Waals surface area contributed by atoms with Crippen molar-refractivity contribution < 1.29 is 5.11 Å². The van der Waals surface area contributed by atoms with Crippen LogP contribution in [0.3, 0.4) is 0 Å². The van der Waals surface area contributed by atoms with Gasteiger partial charge >= 0.3 is 0 Å². The molecule has 70 valence electrons. The molecule has 0 aliphatic heterocycles. The summed E-state index contributed by atoms with van der Waals surface area (Å²) in [6.45, 7) is 0. The van der Waals surface area contributed by atoms with Gasteiger partial charge in [-0.2, -0.15) is 0 Å². The first kappa shape index (κ1) is 7.04. The van der Waals surface area contributed by atoms with Crippen molar-refractivity contribution in [2.24, 2.45) is 47.3 Å². The average Bonchev–Trinajstić information content (AvgIpc) is 2.78. The molecular weight excluding hydrogens is 275 g/mol. The summed E-state index contributed by atoms with van der Waals surface area (Å²) in [6.07, 6.45) is 1.62. The highest BCUT2D eigenvalue weighted by molar-refractivity contribution is 14.1. The summed E-state index contributed by atoms with van der Waals surface area (Å²) < 4.78 is 0.940. The van der Waals surface area contributed by atoms with Crippen molar-refractivity contribution in [1.29, 1.82) is 0 Å². The van der Waals surface area contributed by atoms with Gasteiger partial charge in [-0.25, -0.2) is 0 Å². The topological polar surface area (TPSA) is 20.2 Å². The molecule has 6 fully saturated rings. The van der Waals surface area contributed by atoms with Gasteiger partial charge < -0.3 is 5.11 Å². The summed E-state index contributed by atoms with van der Waals surface area (Å²) in [4.78, 5) is 0. The minimum absolute atomic E-state index is 0.125. The number of rotatable bonds is 0. The third kappa shape index (κ3) is 0.451. The number of hydrogen-bond acceptors (Lipinski definition) is 1. The van der Waals surface area contributed by atoms with Crippen molar-refractivity contribution in [2.75, 3.05) is 0 Å². The molecule has 13 heavy (non-hydrogen) atoms. The van der Waals surface area contributed by atoms with Gasteiger partial charge in [0.1, 0.15) is 0 Å². The summed E-state index contributed by atoms with van der Waals surface area (Å²) >= 11 is 2.70. The van der Waals surface area contributed by atoms with Crippen LogP contribution >= 0.6 is 22.6 Å². The maximum absolute atomic E-state index is 10.2. The monoisotopic (exact) mass is 288 g/mol. The van der Waals surface area contributed by atoms with Crippen molar-refractivity contribution in [3.63, 3.8) is 0 Å². The smallest absolute Gasteiger partial charge is 0.0608 e. The quantitative estimate of drug-likeness (QED) is 0.529. The van der Waals surface area contributed by atoms with Gasteiger partial charge in [-0.15, -0.1) is 0 Å².